The van der Waals surface area contributed by atoms with Crippen molar-refractivity contribution in [3.8, 4) is 0 Å². The molecule has 0 bridgehead atoms. The Hall–Kier alpha value is -1.59. The first-order chi connectivity index (χ1) is 13.4. The van der Waals surface area contributed by atoms with E-state index in [1.54, 1.807) is 0 Å². The van der Waals surface area contributed by atoms with E-state index in [4.69, 9.17) is 0 Å². The number of rotatable bonds is 14. The normalized spacial score (nSPS) is 11.6. The van der Waals surface area contributed by atoms with Gasteiger partial charge in [-0.1, -0.05) is 83.6 Å². The van der Waals surface area contributed by atoms with Gasteiger partial charge in [0.25, 0.3) is 5.91 Å². The van der Waals surface area contributed by atoms with Crippen molar-refractivity contribution in [1.29, 1.82) is 0 Å². The standard InChI is InChI=1S/C22H33F4NO/c1-2-3-4-5-6-7-8-9-10-11-12-13-17-27-21(28)18-15-14-16-19(20(18)23)22(24,25)26/h14-16H,2-13,17H2,1H3,(H,27,28). The number of alkyl halides is 3. The van der Waals surface area contributed by atoms with Crippen LogP contribution in [0.5, 0.6) is 0 Å². The van der Waals surface area contributed by atoms with Gasteiger partial charge in [-0.25, -0.2) is 4.39 Å². The maximum Gasteiger partial charge on any atom is 0.419 e. The smallest absolute Gasteiger partial charge is 0.352 e. The summed E-state index contributed by atoms with van der Waals surface area (Å²) in [6.45, 7) is 2.56. The number of hydrogen-bond acceptors (Lipinski definition) is 1. The second-order valence-electron chi connectivity index (χ2n) is 7.31. The molecule has 0 fully saturated rings. The Balaban J connectivity index is 2.12. The number of unbranched alkanes of at least 4 members (excludes halogenated alkanes) is 11. The summed E-state index contributed by atoms with van der Waals surface area (Å²) in [6.07, 6.45) is 9.47. The first-order valence-corrected chi connectivity index (χ1v) is 10.5. The molecule has 0 heterocycles. The van der Waals surface area contributed by atoms with Crippen LogP contribution in [0.25, 0.3) is 0 Å². The minimum atomic E-state index is -4.81. The van der Waals surface area contributed by atoms with Gasteiger partial charge in [0.15, 0.2) is 0 Å². The van der Waals surface area contributed by atoms with E-state index in [0.29, 0.717) is 12.6 Å². The summed E-state index contributed by atoms with van der Waals surface area (Å²) in [5.41, 5.74) is -1.97. The third-order valence-electron chi connectivity index (χ3n) is 4.86. The van der Waals surface area contributed by atoms with Crippen LogP contribution in [0.15, 0.2) is 18.2 Å². The maximum absolute atomic E-state index is 13.9. The molecule has 6 heteroatoms. The van der Waals surface area contributed by atoms with Gasteiger partial charge in [0, 0.05) is 6.54 Å². The lowest BCUT2D eigenvalue weighted by Gasteiger charge is -2.11. The van der Waals surface area contributed by atoms with Gasteiger partial charge in [-0.2, -0.15) is 13.2 Å². The van der Waals surface area contributed by atoms with E-state index in [-0.39, 0.29) is 0 Å². The Morgan fingerprint density at radius 2 is 1.36 bits per heavy atom. The Labute approximate surface area is 166 Å². The summed E-state index contributed by atoms with van der Waals surface area (Å²) in [6, 6.07) is 2.75. The zero-order valence-corrected chi connectivity index (χ0v) is 16.8. The van der Waals surface area contributed by atoms with Crippen LogP contribution in [-0.2, 0) is 6.18 Å². The third-order valence-corrected chi connectivity index (χ3v) is 4.86. The Morgan fingerprint density at radius 1 is 0.857 bits per heavy atom. The van der Waals surface area contributed by atoms with Crippen molar-refractivity contribution in [2.45, 2.75) is 90.1 Å². The van der Waals surface area contributed by atoms with Crippen molar-refractivity contribution in [2.24, 2.45) is 0 Å². The zero-order chi connectivity index (χ0) is 20.8. The molecule has 0 aliphatic heterocycles. The molecule has 0 atom stereocenters. The molecule has 28 heavy (non-hydrogen) atoms. The summed E-state index contributed by atoms with van der Waals surface area (Å²) >= 11 is 0. The fraction of sp³-hybridized carbons (Fsp3) is 0.682. The second-order valence-corrected chi connectivity index (χ2v) is 7.31. The zero-order valence-electron chi connectivity index (χ0n) is 16.8. The molecule has 1 amide bonds. The van der Waals surface area contributed by atoms with Gasteiger partial charge in [0.2, 0.25) is 0 Å². The Morgan fingerprint density at radius 3 is 1.86 bits per heavy atom. The monoisotopic (exact) mass is 403 g/mol. The van der Waals surface area contributed by atoms with E-state index < -0.39 is 29.0 Å². The van der Waals surface area contributed by atoms with Gasteiger partial charge in [-0.05, 0) is 18.6 Å². The van der Waals surface area contributed by atoms with Crippen LogP contribution in [-0.4, -0.2) is 12.5 Å². The average molecular weight is 404 g/mol. The molecule has 0 radical (unpaired) electrons. The molecule has 1 aromatic carbocycles. The van der Waals surface area contributed by atoms with Crippen molar-refractivity contribution in [2.75, 3.05) is 6.54 Å². The van der Waals surface area contributed by atoms with Crippen LogP contribution in [0.1, 0.15) is 99.9 Å². The second kappa shape index (κ2) is 13.6. The lowest BCUT2D eigenvalue weighted by Crippen LogP contribution is -2.26. The molecular formula is C22H33F4NO. The summed E-state index contributed by atoms with van der Waals surface area (Å²) in [7, 11) is 0. The predicted octanol–water partition coefficient (Wildman–Crippen LogP) is 7.28. The highest BCUT2D eigenvalue weighted by Crippen LogP contribution is 2.32. The first kappa shape index (κ1) is 24.4. The van der Waals surface area contributed by atoms with Crippen LogP contribution in [0, 0.1) is 5.82 Å². The van der Waals surface area contributed by atoms with Crippen molar-refractivity contribution in [3.05, 3.63) is 35.1 Å². The van der Waals surface area contributed by atoms with E-state index in [1.807, 2.05) is 0 Å². The lowest BCUT2D eigenvalue weighted by atomic mass is 10.1. The number of carbonyl (C=O) groups excluding carboxylic acids is 1. The van der Waals surface area contributed by atoms with Gasteiger partial charge < -0.3 is 5.32 Å². The first-order valence-electron chi connectivity index (χ1n) is 10.5. The van der Waals surface area contributed by atoms with E-state index in [0.717, 1.165) is 37.8 Å². The summed E-state index contributed by atoms with van der Waals surface area (Å²) in [5, 5.41) is 2.51. The van der Waals surface area contributed by atoms with Crippen molar-refractivity contribution < 1.29 is 22.4 Å². The number of nitrogens with one attached hydrogen (secondary N) is 1. The molecule has 2 nitrogen and oxygen atoms in total. The highest BCUT2D eigenvalue weighted by molar-refractivity contribution is 5.94. The number of carbonyl (C=O) groups is 1. The minimum Gasteiger partial charge on any atom is -0.352 e. The van der Waals surface area contributed by atoms with Crippen LogP contribution in [0.3, 0.4) is 0 Å². The molecule has 0 saturated carbocycles. The summed E-state index contributed by atoms with van der Waals surface area (Å²) in [5.74, 6) is -2.31. The van der Waals surface area contributed by atoms with Gasteiger partial charge in [-0.15, -0.1) is 0 Å². The lowest BCUT2D eigenvalue weighted by molar-refractivity contribution is -0.140. The third kappa shape index (κ3) is 9.56. The minimum absolute atomic E-state index is 0.339. The Bertz CT molecular complexity index is 572. The molecule has 1 rings (SSSR count). The van der Waals surface area contributed by atoms with E-state index in [9.17, 15) is 22.4 Å². The average Bonchev–Trinajstić information content (AvgIpc) is 2.64. The quantitative estimate of drug-likeness (QED) is 0.257. The van der Waals surface area contributed by atoms with Crippen molar-refractivity contribution >= 4 is 5.91 Å². The van der Waals surface area contributed by atoms with Gasteiger partial charge in [0.1, 0.15) is 5.82 Å². The number of amides is 1. The molecule has 0 spiro atoms. The molecule has 1 N–H and O–H groups in total. The molecule has 0 aliphatic rings. The maximum atomic E-state index is 13.9. The molecule has 0 unspecified atom stereocenters. The molecule has 160 valence electrons. The van der Waals surface area contributed by atoms with Crippen LogP contribution >= 0.6 is 0 Å². The molecule has 0 saturated heterocycles. The van der Waals surface area contributed by atoms with Crippen molar-refractivity contribution in [3.63, 3.8) is 0 Å². The molecule has 0 aromatic heterocycles. The number of halogens is 4. The number of hydrogen-bond donors (Lipinski definition) is 1. The molecular weight excluding hydrogens is 370 g/mol. The van der Waals surface area contributed by atoms with E-state index >= 15 is 0 Å². The van der Waals surface area contributed by atoms with E-state index in [1.165, 1.54) is 51.4 Å². The van der Waals surface area contributed by atoms with Crippen LogP contribution in [0.4, 0.5) is 17.6 Å². The van der Waals surface area contributed by atoms with Gasteiger partial charge >= 0.3 is 6.18 Å². The van der Waals surface area contributed by atoms with Crippen molar-refractivity contribution in [1.82, 2.24) is 5.32 Å². The predicted molar refractivity (Wildman–Crippen MR) is 105 cm³/mol. The highest BCUT2D eigenvalue weighted by atomic mass is 19.4. The Kier molecular flexibility index (Phi) is 11.8. The van der Waals surface area contributed by atoms with Gasteiger partial charge in [-0.3, -0.25) is 4.79 Å². The fourth-order valence-corrected chi connectivity index (χ4v) is 3.19. The largest absolute Gasteiger partial charge is 0.419 e. The summed E-state index contributed by atoms with van der Waals surface area (Å²) in [4.78, 5) is 11.9. The highest BCUT2D eigenvalue weighted by Gasteiger charge is 2.35. The molecule has 0 aliphatic carbocycles. The van der Waals surface area contributed by atoms with Crippen LogP contribution < -0.4 is 5.32 Å². The SMILES string of the molecule is CCCCCCCCCCCCCCNC(=O)c1cccc(C(F)(F)F)c1F. The molecule has 1 aromatic rings. The number of benzene rings is 1. The topological polar surface area (TPSA) is 29.1 Å². The fourth-order valence-electron chi connectivity index (χ4n) is 3.19. The van der Waals surface area contributed by atoms with Gasteiger partial charge in [0.05, 0.1) is 11.1 Å². The summed E-state index contributed by atoms with van der Waals surface area (Å²) < 4.78 is 52.0. The van der Waals surface area contributed by atoms with E-state index in [2.05, 4.69) is 12.2 Å². The van der Waals surface area contributed by atoms with Crippen LogP contribution in [0.2, 0.25) is 0 Å².